The van der Waals surface area contributed by atoms with Gasteiger partial charge in [-0.1, -0.05) is 72.8 Å². The first-order valence-corrected chi connectivity index (χ1v) is 21.3. The predicted molar refractivity (Wildman–Crippen MR) is 240 cm³/mol. The van der Waals surface area contributed by atoms with E-state index >= 15 is 0 Å². The van der Waals surface area contributed by atoms with E-state index in [1.807, 2.05) is 24.3 Å². The van der Waals surface area contributed by atoms with Crippen molar-refractivity contribution in [1.29, 1.82) is 0 Å². The normalized spacial score (nSPS) is 15.2. The number of hydrogen-bond acceptors (Lipinski definition) is 5. The molecule has 0 saturated heterocycles. The predicted octanol–water partition coefficient (Wildman–Crippen LogP) is 8.82. The Morgan fingerprint density at radius 2 is 0.933 bits per heavy atom. The molecule has 0 aliphatic carbocycles. The maximum absolute atomic E-state index is 13.0. The number of rotatable bonds is 6. The topological polar surface area (TPSA) is 96.4 Å². The highest BCUT2D eigenvalue weighted by molar-refractivity contribution is 6.39. The van der Waals surface area contributed by atoms with Crippen molar-refractivity contribution in [2.24, 2.45) is 0 Å². The summed E-state index contributed by atoms with van der Waals surface area (Å²) in [6, 6.07) is 34.1. The number of para-hydroxylation sites is 4. The summed E-state index contributed by atoms with van der Waals surface area (Å²) in [5.41, 5.74) is 13.7. The summed E-state index contributed by atoms with van der Waals surface area (Å²) in [6.45, 7) is 6.87. The smallest absolute Gasteiger partial charge is 0.259 e. The van der Waals surface area contributed by atoms with Crippen molar-refractivity contribution >= 4 is 77.2 Å². The maximum atomic E-state index is 13.0. The Hall–Kier alpha value is -6.20. The first-order chi connectivity index (χ1) is 29.6. The van der Waals surface area contributed by atoms with Gasteiger partial charge in [0, 0.05) is 94.8 Å². The number of carbonyl (C=O) groups excluding carboxylic acids is 2. The average Bonchev–Trinajstić information content (AvgIpc) is 4.04. The number of methoxy groups -OCH3 is 2. The molecule has 302 valence electrons. The number of nitrogens with zero attached hydrogens (tertiary/aromatic N) is 4. The van der Waals surface area contributed by atoms with Crippen molar-refractivity contribution in [3.8, 4) is 11.4 Å². The van der Waals surface area contributed by atoms with Crippen LogP contribution in [0, 0.1) is 0 Å². The third-order valence-electron chi connectivity index (χ3n) is 13.1. The van der Waals surface area contributed by atoms with E-state index in [1.54, 1.807) is 14.2 Å². The van der Waals surface area contributed by atoms with Gasteiger partial charge in [-0.3, -0.25) is 14.9 Å². The van der Waals surface area contributed by atoms with E-state index < -0.39 is 0 Å². The fraction of sp³-hybridized carbons (Fsp3) is 0.280. The molecule has 2 amide bonds. The summed E-state index contributed by atoms with van der Waals surface area (Å²) in [5, 5.41) is 12.9. The van der Waals surface area contributed by atoms with E-state index in [0.717, 1.165) is 109 Å². The lowest BCUT2D eigenvalue weighted by atomic mass is 9.96. The first-order valence-electron chi connectivity index (χ1n) is 21.3. The summed E-state index contributed by atoms with van der Waals surface area (Å²) in [7, 11) is 3.57. The number of benzene rings is 5. The zero-order valence-electron chi connectivity index (χ0n) is 34.1. The van der Waals surface area contributed by atoms with Gasteiger partial charge in [0.25, 0.3) is 11.8 Å². The molecule has 10 heteroatoms. The highest BCUT2D eigenvalue weighted by Gasteiger charge is 2.37. The highest BCUT2D eigenvalue weighted by Crippen LogP contribution is 2.46. The molecule has 0 saturated carbocycles. The zero-order chi connectivity index (χ0) is 40.5. The van der Waals surface area contributed by atoms with Crippen LogP contribution in [0.3, 0.4) is 0 Å². The Kier molecular flexibility index (Phi) is 9.10. The van der Waals surface area contributed by atoms with Gasteiger partial charge in [-0.25, -0.2) is 0 Å². The average molecular weight is 797 g/mol. The highest BCUT2D eigenvalue weighted by atomic mass is 16.5. The fourth-order valence-corrected chi connectivity index (χ4v) is 10.7. The van der Waals surface area contributed by atoms with Gasteiger partial charge < -0.3 is 33.1 Å². The summed E-state index contributed by atoms with van der Waals surface area (Å²) >= 11 is 0. The molecule has 9 aromatic rings. The Bertz CT molecular complexity index is 2990. The summed E-state index contributed by atoms with van der Waals surface area (Å²) in [5.74, 6) is -0.567. The van der Waals surface area contributed by atoms with Crippen LogP contribution in [0.1, 0.15) is 44.7 Å². The number of aryl methyl sites for hydroxylation is 2. The van der Waals surface area contributed by atoms with Crippen LogP contribution in [0.4, 0.5) is 0 Å². The Labute approximate surface area is 347 Å². The van der Waals surface area contributed by atoms with Crippen molar-refractivity contribution in [2.75, 3.05) is 40.5 Å². The molecule has 60 heavy (non-hydrogen) atoms. The molecule has 0 fully saturated rings. The van der Waals surface area contributed by atoms with Gasteiger partial charge in [0.15, 0.2) is 0 Å². The van der Waals surface area contributed by atoms with Crippen LogP contribution in [0.2, 0.25) is 0 Å². The zero-order valence-corrected chi connectivity index (χ0v) is 34.1. The standard InChI is InChI=1S/C26H31N3O2.C24H17N3O2/c1-30-17-15-28-23-9-5-3-7-19(23)21-11-13-27-14-12-22-20-8-4-6-10-24(20)29(16-18-31-2)26(22)25(21)28;28-23-19-17-13-7-1-3-9-15(13)26-11-5-6-12-27-16-10-4-2-8-14(16)18(22(27)21(17)26)20(19)24(29)25-23/h3-10,27H,11-18H2,1-2H3;1-4,7-10H,5-6,11-12H2,(H,25,28,29). The van der Waals surface area contributed by atoms with Crippen molar-refractivity contribution in [1.82, 2.24) is 28.9 Å². The van der Waals surface area contributed by atoms with Crippen LogP contribution < -0.4 is 10.6 Å². The summed E-state index contributed by atoms with van der Waals surface area (Å²) in [6.07, 6.45) is 4.18. The van der Waals surface area contributed by atoms with Crippen LogP contribution in [0.25, 0.3) is 76.8 Å². The monoisotopic (exact) mass is 796 g/mol. The molecule has 3 aliphatic heterocycles. The number of aromatic nitrogens is 4. The molecule has 3 aliphatic rings. The molecule has 0 bridgehead atoms. The second-order valence-electron chi connectivity index (χ2n) is 16.3. The van der Waals surface area contributed by atoms with Crippen LogP contribution in [-0.4, -0.2) is 70.6 Å². The van der Waals surface area contributed by atoms with Gasteiger partial charge in [-0.2, -0.15) is 0 Å². The Balaban J connectivity index is 0.000000136. The van der Waals surface area contributed by atoms with Gasteiger partial charge >= 0.3 is 0 Å². The number of hydrogen-bond donors (Lipinski definition) is 2. The van der Waals surface area contributed by atoms with Crippen molar-refractivity contribution in [3.05, 3.63) is 119 Å². The van der Waals surface area contributed by atoms with E-state index in [1.165, 1.54) is 44.3 Å². The number of nitrogens with one attached hydrogen (secondary N) is 2. The van der Waals surface area contributed by atoms with E-state index in [9.17, 15) is 9.59 Å². The quantitative estimate of drug-likeness (QED) is 0.164. The van der Waals surface area contributed by atoms with Crippen LogP contribution in [0.5, 0.6) is 0 Å². The van der Waals surface area contributed by atoms with E-state index in [2.05, 4.69) is 102 Å². The largest absolute Gasteiger partial charge is 0.383 e. The third-order valence-corrected chi connectivity index (χ3v) is 13.1. The summed E-state index contributed by atoms with van der Waals surface area (Å²) < 4.78 is 20.7. The fourth-order valence-electron chi connectivity index (χ4n) is 10.7. The van der Waals surface area contributed by atoms with E-state index in [-0.39, 0.29) is 11.8 Å². The van der Waals surface area contributed by atoms with Gasteiger partial charge in [0.05, 0.1) is 46.8 Å². The van der Waals surface area contributed by atoms with Gasteiger partial charge in [0.1, 0.15) is 0 Å². The molecule has 12 rings (SSSR count). The Morgan fingerprint density at radius 1 is 0.533 bits per heavy atom. The molecular formula is C50H48N6O4. The molecule has 0 unspecified atom stereocenters. The first kappa shape index (κ1) is 36.8. The lowest BCUT2D eigenvalue weighted by Crippen LogP contribution is -2.20. The third kappa shape index (κ3) is 5.44. The maximum Gasteiger partial charge on any atom is 0.259 e. The number of fused-ring (bicyclic) bond motifs is 16. The molecule has 0 radical (unpaired) electrons. The SMILES string of the molecule is COCCn1c2c(c3ccccc31)CCNCCc1c-2n(CCOC)c2ccccc12.O=C1NC(=O)c2c1c1c3ccccc3n3c1c1c2c2ccccc2n1CCCC3. The molecule has 7 heterocycles. The van der Waals surface area contributed by atoms with E-state index in [4.69, 9.17) is 9.47 Å². The molecule has 2 N–H and O–H groups in total. The second-order valence-corrected chi connectivity index (χ2v) is 16.3. The molecule has 10 nitrogen and oxygen atoms in total. The van der Waals surface area contributed by atoms with Gasteiger partial charge in [0.2, 0.25) is 0 Å². The molecule has 4 aromatic heterocycles. The molecule has 0 spiro atoms. The lowest BCUT2D eigenvalue weighted by Gasteiger charge is -2.17. The van der Waals surface area contributed by atoms with Crippen LogP contribution in [0.15, 0.2) is 97.1 Å². The van der Waals surface area contributed by atoms with Crippen LogP contribution >= 0.6 is 0 Å². The molecule has 5 aromatic carbocycles. The summed E-state index contributed by atoms with van der Waals surface area (Å²) in [4.78, 5) is 25.9. The van der Waals surface area contributed by atoms with Gasteiger partial charge in [-0.05, 0) is 74.2 Å². The minimum atomic E-state index is -0.284. The molecule has 0 atom stereocenters. The number of ether oxygens (including phenoxy) is 2. The number of imide groups is 1. The Morgan fingerprint density at radius 3 is 1.37 bits per heavy atom. The molecular weight excluding hydrogens is 749 g/mol. The van der Waals surface area contributed by atoms with E-state index in [0.29, 0.717) is 24.3 Å². The van der Waals surface area contributed by atoms with Crippen molar-refractivity contribution < 1.29 is 19.1 Å². The van der Waals surface area contributed by atoms with Crippen molar-refractivity contribution in [2.45, 2.75) is 51.9 Å². The number of carbonyl (C=O) groups is 2. The minimum absolute atomic E-state index is 0.284. The minimum Gasteiger partial charge on any atom is -0.383 e. The van der Waals surface area contributed by atoms with Crippen LogP contribution in [-0.2, 0) is 48.5 Å². The van der Waals surface area contributed by atoms with Crippen molar-refractivity contribution in [3.63, 3.8) is 0 Å². The van der Waals surface area contributed by atoms with Gasteiger partial charge in [-0.15, -0.1) is 0 Å². The lowest BCUT2D eigenvalue weighted by molar-refractivity contribution is 0.0880. The number of amides is 2. The second kappa shape index (κ2) is 14.8.